The van der Waals surface area contributed by atoms with Crippen molar-refractivity contribution in [3.8, 4) is 0 Å². The molecule has 0 aromatic heterocycles. The summed E-state index contributed by atoms with van der Waals surface area (Å²) in [5, 5.41) is 8.94. The van der Waals surface area contributed by atoms with E-state index < -0.39 is 17.7 Å². The number of aromatic carboxylic acids is 1. The molecule has 1 amide bonds. The fraction of sp³-hybridized carbons (Fsp3) is 0.400. The summed E-state index contributed by atoms with van der Waals surface area (Å²) in [6.45, 7) is 6.99. The summed E-state index contributed by atoms with van der Waals surface area (Å²) >= 11 is 0. The molecule has 0 saturated heterocycles. The largest absolute Gasteiger partial charge is 0.478 e. The van der Waals surface area contributed by atoms with Crippen LogP contribution in [0.3, 0.4) is 0 Å². The third-order valence-corrected chi connectivity index (χ3v) is 2.54. The lowest BCUT2D eigenvalue weighted by Gasteiger charge is -2.24. The third kappa shape index (κ3) is 5.25. The highest BCUT2D eigenvalue weighted by Crippen LogP contribution is 2.16. The molecule has 0 radical (unpaired) electrons. The van der Waals surface area contributed by atoms with Gasteiger partial charge in [-0.1, -0.05) is 6.07 Å². The molecule has 0 saturated carbocycles. The molecule has 0 unspecified atom stereocenters. The summed E-state index contributed by atoms with van der Waals surface area (Å²) in [6, 6.07) is 6.19. The SMILES string of the molecule is CC(=Nc1cccc(C(=O)O)c1)N(C)C(=O)OC(C)(C)C. The van der Waals surface area contributed by atoms with Crippen LogP contribution >= 0.6 is 0 Å². The number of carboxylic acids is 1. The van der Waals surface area contributed by atoms with Crippen LogP contribution in [0.15, 0.2) is 29.3 Å². The molecular weight excluding hydrogens is 272 g/mol. The summed E-state index contributed by atoms with van der Waals surface area (Å²) in [5.41, 5.74) is 0.0151. The van der Waals surface area contributed by atoms with Crippen LogP contribution in [0.25, 0.3) is 0 Å². The van der Waals surface area contributed by atoms with E-state index in [0.29, 0.717) is 11.5 Å². The van der Waals surface area contributed by atoms with E-state index >= 15 is 0 Å². The summed E-state index contributed by atoms with van der Waals surface area (Å²) in [7, 11) is 1.55. The molecule has 1 aromatic rings. The number of hydrogen-bond acceptors (Lipinski definition) is 4. The molecule has 21 heavy (non-hydrogen) atoms. The van der Waals surface area contributed by atoms with Gasteiger partial charge in [0.05, 0.1) is 11.3 Å². The van der Waals surface area contributed by atoms with Crippen LogP contribution in [-0.2, 0) is 4.74 Å². The molecule has 0 heterocycles. The minimum Gasteiger partial charge on any atom is -0.478 e. The Morgan fingerprint density at radius 1 is 1.29 bits per heavy atom. The van der Waals surface area contributed by atoms with E-state index in [2.05, 4.69) is 4.99 Å². The quantitative estimate of drug-likeness (QED) is 0.670. The van der Waals surface area contributed by atoms with Crippen LogP contribution < -0.4 is 0 Å². The second-order valence-corrected chi connectivity index (χ2v) is 5.55. The maximum Gasteiger partial charge on any atom is 0.415 e. The van der Waals surface area contributed by atoms with Crippen LogP contribution in [0.2, 0.25) is 0 Å². The van der Waals surface area contributed by atoms with Crippen molar-refractivity contribution in [2.75, 3.05) is 7.05 Å². The topological polar surface area (TPSA) is 79.2 Å². The van der Waals surface area contributed by atoms with Crippen molar-refractivity contribution in [1.82, 2.24) is 4.90 Å². The van der Waals surface area contributed by atoms with E-state index in [4.69, 9.17) is 9.84 Å². The van der Waals surface area contributed by atoms with E-state index in [1.165, 1.54) is 17.0 Å². The zero-order valence-corrected chi connectivity index (χ0v) is 12.9. The second-order valence-electron chi connectivity index (χ2n) is 5.55. The van der Waals surface area contributed by atoms with Crippen molar-refractivity contribution >= 4 is 23.6 Å². The first kappa shape index (κ1) is 16.7. The van der Waals surface area contributed by atoms with Gasteiger partial charge in [-0.2, -0.15) is 0 Å². The molecule has 1 N–H and O–H groups in total. The third-order valence-electron chi connectivity index (χ3n) is 2.54. The molecule has 0 fully saturated rings. The van der Waals surface area contributed by atoms with Crippen LogP contribution in [0.5, 0.6) is 0 Å². The zero-order chi connectivity index (χ0) is 16.2. The van der Waals surface area contributed by atoms with Gasteiger partial charge in [-0.15, -0.1) is 0 Å². The van der Waals surface area contributed by atoms with E-state index in [1.807, 2.05) is 0 Å². The lowest BCUT2D eigenvalue weighted by atomic mass is 10.2. The Hall–Kier alpha value is -2.37. The molecular formula is C15H20N2O4. The molecule has 0 atom stereocenters. The lowest BCUT2D eigenvalue weighted by Crippen LogP contribution is -2.36. The highest BCUT2D eigenvalue weighted by molar-refractivity contribution is 5.95. The van der Waals surface area contributed by atoms with Gasteiger partial charge in [0, 0.05) is 7.05 Å². The van der Waals surface area contributed by atoms with Gasteiger partial charge in [0.15, 0.2) is 0 Å². The zero-order valence-electron chi connectivity index (χ0n) is 12.9. The van der Waals surface area contributed by atoms with Crippen molar-refractivity contribution < 1.29 is 19.4 Å². The Kier molecular flexibility index (Phi) is 5.07. The van der Waals surface area contributed by atoms with Gasteiger partial charge in [-0.05, 0) is 45.9 Å². The Bertz CT molecular complexity index is 573. The van der Waals surface area contributed by atoms with Crippen molar-refractivity contribution in [3.05, 3.63) is 29.8 Å². The predicted octanol–water partition coefficient (Wildman–Crippen LogP) is 3.30. The minimum atomic E-state index is -1.02. The highest BCUT2D eigenvalue weighted by atomic mass is 16.6. The van der Waals surface area contributed by atoms with E-state index in [1.54, 1.807) is 46.9 Å². The first-order chi connectivity index (χ1) is 9.60. The first-order valence-corrected chi connectivity index (χ1v) is 6.45. The Labute approximate surface area is 124 Å². The standard InChI is InChI=1S/C15H20N2O4/c1-10(17(5)14(20)21-15(2,3)4)16-12-8-6-7-11(9-12)13(18)19/h6-9H,1-5H3,(H,18,19). The van der Waals surface area contributed by atoms with Crippen LogP contribution in [0.1, 0.15) is 38.1 Å². The van der Waals surface area contributed by atoms with Gasteiger partial charge in [-0.25, -0.2) is 14.6 Å². The Morgan fingerprint density at radius 3 is 2.43 bits per heavy atom. The molecule has 0 aliphatic rings. The molecule has 0 aliphatic carbocycles. The van der Waals surface area contributed by atoms with Gasteiger partial charge in [0.2, 0.25) is 0 Å². The molecule has 1 rings (SSSR count). The Morgan fingerprint density at radius 2 is 1.90 bits per heavy atom. The first-order valence-electron chi connectivity index (χ1n) is 6.45. The smallest absolute Gasteiger partial charge is 0.415 e. The molecule has 0 bridgehead atoms. The number of rotatable bonds is 2. The number of aliphatic imine (C=N–C) groups is 1. The average Bonchev–Trinajstić information content (AvgIpc) is 2.36. The Balaban J connectivity index is 2.91. The molecule has 1 aromatic carbocycles. The maximum atomic E-state index is 11.9. The van der Waals surface area contributed by atoms with Crippen molar-refractivity contribution in [2.24, 2.45) is 4.99 Å². The van der Waals surface area contributed by atoms with E-state index in [9.17, 15) is 9.59 Å². The minimum absolute atomic E-state index is 0.143. The summed E-state index contributed by atoms with van der Waals surface area (Å²) in [4.78, 5) is 28.3. The molecule has 114 valence electrons. The number of carbonyl (C=O) groups is 2. The van der Waals surface area contributed by atoms with Crippen LogP contribution in [0.4, 0.5) is 10.5 Å². The van der Waals surface area contributed by atoms with Crippen molar-refractivity contribution in [2.45, 2.75) is 33.3 Å². The summed E-state index contributed by atoms with van der Waals surface area (Å²) in [6.07, 6.45) is -0.516. The lowest BCUT2D eigenvalue weighted by molar-refractivity contribution is 0.0401. The fourth-order valence-corrected chi connectivity index (χ4v) is 1.43. The number of benzene rings is 1. The normalized spacial score (nSPS) is 12.0. The van der Waals surface area contributed by atoms with Gasteiger partial charge in [0.1, 0.15) is 11.4 Å². The predicted molar refractivity (Wildman–Crippen MR) is 80.2 cm³/mol. The van der Waals surface area contributed by atoms with Gasteiger partial charge < -0.3 is 9.84 Å². The fourth-order valence-electron chi connectivity index (χ4n) is 1.43. The number of nitrogens with zero attached hydrogens (tertiary/aromatic N) is 2. The monoisotopic (exact) mass is 292 g/mol. The number of ether oxygens (including phenoxy) is 1. The number of carboxylic acid groups (broad SMARTS) is 1. The van der Waals surface area contributed by atoms with Crippen molar-refractivity contribution in [3.63, 3.8) is 0 Å². The summed E-state index contributed by atoms with van der Waals surface area (Å²) in [5.74, 6) is -0.614. The second kappa shape index (κ2) is 6.39. The summed E-state index contributed by atoms with van der Waals surface area (Å²) < 4.78 is 5.23. The number of amides is 1. The van der Waals surface area contributed by atoms with E-state index in [0.717, 1.165) is 0 Å². The molecule has 0 aliphatic heterocycles. The number of carbonyl (C=O) groups excluding carboxylic acids is 1. The molecule has 0 spiro atoms. The van der Waals surface area contributed by atoms with Crippen LogP contribution in [0, 0.1) is 0 Å². The maximum absolute atomic E-state index is 11.9. The number of hydrogen-bond donors (Lipinski definition) is 1. The van der Waals surface area contributed by atoms with Gasteiger partial charge >= 0.3 is 12.1 Å². The van der Waals surface area contributed by atoms with Crippen LogP contribution in [-0.4, -0.2) is 40.6 Å². The number of amidine groups is 1. The molecule has 6 nitrogen and oxygen atoms in total. The van der Waals surface area contributed by atoms with Gasteiger partial charge in [0.25, 0.3) is 0 Å². The average molecular weight is 292 g/mol. The van der Waals surface area contributed by atoms with Crippen molar-refractivity contribution in [1.29, 1.82) is 0 Å². The molecule has 6 heteroatoms. The van der Waals surface area contributed by atoms with Gasteiger partial charge in [-0.3, -0.25) is 4.90 Å². The van der Waals surface area contributed by atoms with E-state index in [-0.39, 0.29) is 5.56 Å². The highest BCUT2D eigenvalue weighted by Gasteiger charge is 2.21.